The van der Waals surface area contributed by atoms with Crippen LogP contribution in [0, 0.1) is 0 Å². The average Bonchev–Trinajstić information content (AvgIpc) is 3.04. The van der Waals surface area contributed by atoms with Crippen molar-refractivity contribution in [2.75, 3.05) is 6.61 Å². The van der Waals surface area contributed by atoms with Crippen molar-refractivity contribution in [2.24, 2.45) is 0 Å². The molecule has 0 spiro atoms. The SMILES string of the molecule is CC1(C)COc2cc(CNCc3ccsc3C(=O)O)ccc21. The molecule has 1 aliphatic heterocycles. The highest BCUT2D eigenvalue weighted by Crippen LogP contribution is 2.38. The van der Waals surface area contributed by atoms with Gasteiger partial charge in [-0.25, -0.2) is 4.79 Å². The predicted octanol–water partition coefficient (Wildman–Crippen LogP) is 3.41. The van der Waals surface area contributed by atoms with Crippen molar-refractivity contribution in [3.8, 4) is 5.75 Å². The Kier molecular flexibility index (Phi) is 3.93. The van der Waals surface area contributed by atoms with Gasteiger partial charge in [0.15, 0.2) is 0 Å². The third-order valence-electron chi connectivity index (χ3n) is 3.95. The van der Waals surface area contributed by atoms with Crippen molar-refractivity contribution in [3.05, 3.63) is 51.2 Å². The molecule has 0 unspecified atom stereocenters. The van der Waals surface area contributed by atoms with Crippen molar-refractivity contribution in [3.63, 3.8) is 0 Å². The van der Waals surface area contributed by atoms with E-state index in [4.69, 9.17) is 9.84 Å². The van der Waals surface area contributed by atoms with Gasteiger partial charge in [0.25, 0.3) is 0 Å². The number of ether oxygens (including phenoxy) is 1. The molecule has 2 N–H and O–H groups in total. The van der Waals surface area contributed by atoms with E-state index in [0.29, 0.717) is 18.0 Å². The van der Waals surface area contributed by atoms with E-state index in [1.807, 2.05) is 11.4 Å². The molecule has 0 saturated carbocycles. The molecule has 22 heavy (non-hydrogen) atoms. The summed E-state index contributed by atoms with van der Waals surface area (Å²) in [6, 6.07) is 8.17. The number of hydrogen-bond donors (Lipinski definition) is 2. The fourth-order valence-corrected chi connectivity index (χ4v) is 3.46. The minimum Gasteiger partial charge on any atom is -0.492 e. The summed E-state index contributed by atoms with van der Waals surface area (Å²) in [5.74, 6) is 0.103. The molecule has 2 heterocycles. The standard InChI is InChI=1S/C17H19NO3S/c1-17(2)10-21-14-7-11(3-4-13(14)17)8-18-9-12-5-6-22-15(12)16(19)20/h3-7,18H,8-10H2,1-2H3,(H,19,20). The van der Waals surface area contributed by atoms with Gasteiger partial charge in [0.2, 0.25) is 0 Å². The van der Waals surface area contributed by atoms with Gasteiger partial charge in [-0.3, -0.25) is 0 Å². The highest BCUT2D eigenvalue weighted by atomic mass is 32.1. The summed E-state index contributed by atoms with van der Waals surface area (Å²) >= 11 is 1.26. The van der Waals surface area contributed by atoms with Crippen molar-refractivity contribution in [1.29, 1.82) is 0 Å². The summed E-state index contributed by atoms with van der Waals surface area (Å²) in [4.78, 5) is 11.5. The molecule has 0 aliphatic carbocycles. The third-order valence-corrected chi connectivity index (χ3v) is 4.89. The van der Waals surface area contributed by atoms with Crippen molar-refractivity contribution in [1.82, 2.24) is 5.32 Å². The minimum atomic E-state index is -0.861. The number of thiophene rings is 1. The van der Waals surface area contributed by atoms with Crippen molar-refractivity contribution >= 4 is 17.3 Å². The normalized spacial score (nSPS) is 15.4. The smallest absolute Gasteiger partial charge is 0.346 e. The van der Waals surface area contributed by atoms with E-state index in [2.05, 4.69) is 37.4 Å². The molecule has 3 rings (SSSR count). The first-order valence-electron chi connectivity index (χ1n) is 7.24. The molecule has 1 aromatic heterocycles. The molecule has 0 radical (unpaired) electrons. The van der Waals surface area contributed by atoms with Crippen LogP contribution in [0.5, 0.6) is 5.75 Å². The van der Waals surface area contributed by atoms with E-state index in [1.54, 1.807) is 0 Å². The highest BCUT2D eigenvalue weighted by molar-refractivity contribution is 7.12. The van der Waals surface area contributed by atoms with E-state index in [-0.39, 0.29) is 5.41 Å². The Morgan fingerprint density at radius 1 is 1.36 bits per heavy atom. The summed E-state index contributed by atoms with van der Waals surface area (Å²) in [5.41, 5.74) is 3.30. The predicted molar refractivity (Wildman–Crippen MR) is 86.8 cm³/mol. The van der Waals surface area contributed by atoms with Gasteiger partial charge in [0, 0.05) is 24.1 Å². The molecule has 1 aliphatic rings. The topological polar surface area (TPSA) is 58.6 Å². The van der Waals surface area contributed by atoms with Crippen LogP contribution >= 0.6 is 11.3 Å². The van der Waals surface area contributed by atoms with Crippen LogP contribution in [0.1, 0.15) is 40.2 Å². The zero-order chi connectivity index (χ0) is 15.7. The quantitative estimate of drug-likeness (QED) is 0.887. The molecule has 0 fully saturated rings. The van der Waals surface area contributed by atoms with Crippen LogP contribution in [-0.2, 0) is 18.5 Å². The lowest BCUT2D eigenvalue weighted by Gasteiger charge is -2.15. The Morgan fingerprint density at radius 3 is 2.95 bits per heavy atom. The Hall–Kier alpha value is -1.85. The van der Waals surface area contributed by atoms with Gasteiger partial charge in [0.1, 0.15) is 10.6 Å². The number of benzene rings is 1. The summed E-state index contributed by atoms with van der Waals surface area (Å²) < 4.78 is 5.75. The molecular weight excluding hydrogens is 298 g/mol. The van der Waals surface area contributed by atoms with Gasteiger partial charge < -0.3 is 15.2 Å². The van der Waals surface area contributed by atoms with Gasteiger partial charge in [0.05, 0.1) is 6.61 Å². The molecule has 116 valence electrons. The second-order valence-electron chi connectivity index (χ2n) is 6.19. The first-order chi connectivity index (χ1) is 10.5. The summed E-state index contributed by atoms with van der Waals surface area (Å²) in [6.45, 7) is 6.32. The Labute approximate surface area is 133 Å². The number of rotatable bonds is 5. The van der Waals surface area contributed by atoms with Crippen LogP contribution in [0.15, 0.2) is 29.6 Å². The number of nitrogens with one attached hydrogen (secondary N) is 1. The molecule has 0 saturated heterocycles. The van der Waals surface area contributed by atoms with E-state index >= 15 is 0 Å². The monoisotopic (exact) mass is 317 g/mol. The lowest BCUT2D eigenvalue weighted by molar-refractivity contribution is 0.0701. The maximum atomic E-state index is 11.1. The molecular formula is C17H19NO3S. The van der Waals surface area contributed by atoms with Gasteiger partial charge in [-0.1, -0.05) is 26.0 Å². The van der Waals surface area contributed by atoms with Crippen LogP contribution in [0.25, 0.3) is 0 Å². The van der Waals surface area contributed by atoms with Crippen LogP contribution < -0.4 is 10.1 Å². The van der Waals surface area contributed by atoms with Crippen LogP contribution in [-0.4, -0.2) is 17.7 Å². The fraction of sp³-hybridized carbons (Fsp3) is 0.353. The number of carbonyl (C=O) groups is 1. The Bertz CT molecular complexity index is 706. The largest absolute Gasteiger partial charge is 0.492 e. The van der Waals surface area contributed by atoms with Crippen molar-refractivity contribution in [2.45, 2.75) is 32.4 Å². The molecule has 0 atom stereocenters. The van der Waals surface area contributed by atoms with Crippen molar-refractivity contribution < 1.29 is 14.6 Å². The highest BCUT2D eigenvalue weighted by Gasteiger charge is 2.31. The molecule has 0 bridgehead atoms. The van der Waals surface area contributed by atoms with E-state index in [9.17, 15) is 4.79 Å². The first kappa shape index (κ1) is 15.1. The summed E-state index contributed by atoms with van der Waals surface area (Å²) in [5, 5.41) is 14.2. The van der Waals surface area contributed by atoms with E-state index < -0.39 is 5.97 Å². The Balaban J connectivity index is 1.63. The maximum Gasteiger partial charge on any atom is 0.346 e. The summed E-state index contributed by atoms with van der Waals surface area (Å²) in [7, 11) is 0. The minimum absolute atomic E-state index is 0.0777. The number of aromatic carboxylic acids is 1. The second-order valence-corrected chi connectivity index (χ2v) is 7.10. The Morgan fingerprint density at radius 2 is 2.18 bits per heavy atom. The average molecular weight is 317 g/mol. The van der Waals surface area contributed by atoms with E-state index in [0.717, 1.165) is 23.5 Å². The van der Waals surface area contributed by atoms with Gasteiger partial charge in [-0.15, -0.1) is 11.3 Å². The molecule has 4 nitrogen and oxygen atoms in total. The van der Waals surface area contributed by atoms with Crippen LogP contribution in [0.2, 0.25) is 0 Å². The van der Waals surface area contributed by atoms with Gasteiger partial charge >= 0.3 is 5.97 Å². The van der Waals surface area contributed by atoms with Gasteiger partial charge in [-0.05, 0) is 28.6 Å². The number of hydrogen-bond acceptors (Lipinski definition) is 4. The third kappa shape index (κ3) is 2.87. The van der Waals surface area contributed by atoms with Gasteiger partial charge in [-0.2, -0.15) is 0 Å². The number of carboxylic acids is 1. The molecule has 2 aromatic rings. The summed E-state index contributed by atoms with van der Waals surface area (Å²) in [6.07, 6.45) is 0. The lowest BCUT2D eigenvalue weighted by atomic mass is 9.86. The zero-order valence-electron chi connectivity index (χ0n) is 12.7. The molecule has 5 heteroatoms. The zero-order valence-corrected chi connectivity index (χ0v) is 13.5. The molecule has 1 aromatic carbocycles. The lowest BCUT2D eigenvalue weighted by Crippen LogP contribution is -2.18. The maximum absolute atomic E-state index is 11.1. The molecule has 0 amide bonds. The number of fused-ring (bicyclic) bond motifs is 1. The second kappa shape index (κ2) is 5.74. The fourth-order valence-electron chi connectivity index (χ4n) is 2.70. The van der Waals surface area contributed by atoms with E-state index in [1.165, 1.54) is 16.9 Å². The first-order valence-corrected chi connectivity index (χ1v) is 8.12. The number of carboxylic acid groups (broad SMARTS) is 1. The van der Waals surface area contributed by atoms with Crippen LogP contribution in [0.4, 0.5) is 0 Å². The van der Waals surface area contributed by atoms with Crippen LogP contribution in [0.3, 0.4) is 0 Å².